The molecule has 1 N–H and O–H groups in total. The molecule has 0 aliphatic heterocycles. The van der Waals surface area contributed by atoms with E-state index in [9.17, 15) is 0 Å². The number of hydrogen-bond acceptors (Lipinski definition) is 5. The molecule has 90 valence electrons. The minimum Gasteiger partial charge on any atom is -0.338 e. The molecule has 0 unspecified atom stereocenters. The molecular weight excluding hydrogens is 258 g/mol. The fourth-order valence-corrected chi connectivity index (χ4v) is 2.36. The predicted octanol–water partition coefficient (Wildman–Crippen LogP) is 2.73. The third kappa shape index (κ3) is 3.46. The van der Waals surface area contributed by atoms with Crippen molar-refractivity contribution >= 4 is 23.4 Å². The van der Waals surface area contributed by atoms with Crippen LogP contribution in [0.3, 0.4) is 0 Å². The second-order valence-electron chi connectivity index (χ2n) is 3.35. The molecule has 0 aliphatic rings. The van der Waals surface area contributed by atoms with Crippen molar-refractivity contribution in [1.82, 2.24) is 15.5 Å². The van der Waals surface area contributed by atoms with Crippen LogP contribution in [0.15, 0.2) is 33.7 Å². The van der Waals surface area contributed by atoms with E-state index in [1.54, 1.807) is 11.8 Å². The van der Waals surface area contributed by atoms with Crippen molar-refractivity contribution < 1.29 is 4.52 Å². The van der Waals surface area contributed by atoms with Gasteiger partial charge < -0.3 is 9.84 Å². The molecule has 0 saturated carbocycles. The standard InChI is InChI=1S/C11H12ClN3OS/c1-13-6-11-14-10(15-16-11)7-17-9-5-3-2-4-8(9)12/h2-5,13H,6-7H2,1H3. The third-order valence-corrected chi connectivity index (χ3v) is 3.54. The van der Waals surface area contributed by atoms with E-state index < -0.39 is 0 Å². The summed E-state index contributed by atoms with van der Waals surface area (Å²) < 4.78 is 5.05. The summed E-state index contributed by atoms with van der Waals surface area (Å²) in [5.41, 5.74) is 0. The van der Waals surface area contributed by atoms with E-state index in [1.165, 1.54) is 0 Å². The summed E-state index contributed by atoms with van der Waals surface area (Å²) in [6.45, 7) is 0.587. The number of benzene rings is 1. The van der Waals surface area contributed by atoms with Gasteiger partial charge in [0.1, 0.15) is 0 Å². The number of rotatable bonds is 5. The highest BCUT2D eigenvalue weighted by Crippen LogP contribution is 2.28. The van der Waals surface area contributed by atoms with Gasteiger partial charge in [0.15, 0.2) is 5.82 Å². The average Bonchev–Trinajstić information content (AvgIpc) is 2.76. The van der Waals surface area contributed by atoms with Crippen molar-refractivity contribution in [3.63, 3.8) is 0 Å². The van der Waals surface area contributed by atoms with Gasteiger partial charge in [-0.1, -0.05) is 28.9 Å². The van der Waals surface area contributed by atoms with E-state index in [0.29, 0.717) is 24.0 Å². The first-order valence-corrected chi connectivity index (χ1v) is 6.49. The van der Waals surface area contributed by atoms with Crippen molar-refractivity contribution in [3.05, 3.63) is 41.0 Å². The fraction of sp³-hybridized carbons (Fsp3) is 0.273. The van der Waals surface area contributed by atoms with Crippen LogP contribution in [0, 0.1) is 0 Å². The lowest BCUT2D eigenvalue weighted by Gasteiger charge is -2.00. The fourth-order valence-electron chi connectivity index (χ4n) is 1.28. The van der Waals surface area contributed by atoms with Gasteiger partial charge in [-0.2, -0.15) is 4.98 Å². The SMILES string of the molecule is CNCc1nc(CSc2ccccc2Cl)no1. The Morgan fingerprint density at radius 2 is 2.24 bits per heavy atom. The second-order valence-corrected chi connectivity index (χ2v) is 4.78. The Balaban J connectivity index is 1.95. The van der Waals surface area contributed by atoms with Crippen LogP contribution in [0.4, 0.5) is 0 Å². The molecule has 0 amide bonds. The van der Waals surface area contributed by atoms with Crippen molar-refractivity contribution in [2.45, 2.75) is 17.2 Å². The predicted molar refractivity (Wildman–Crippen MR) is 68.1 cm³/mol. The first-order valence-electron chi connectivity index (χ1n) is 5.13. The Hall–Kier alpha value is -1.04. The Morgan fingerprint density at radius 1 is 1.41 bits per heavy atom. The second kappa shape index (κ2) is 6.05. The number of nitrogens with one attached hydrogen (secondary N) is 1. The van der Waals surface area contributed by atoms with Gasteiger partial charge in [-0.05, 0) is 19.2 Å². The normalized spacial score (nSPS) is 10.7. The molecule has 1 heterocycles. The summed E-state index contributed by atoms with van der Waals surface area (Å²) in [5, 5.41) is 7.59. The maximum absolute atomic E-state index is 6.05. The zero-order chi connectivity index (χ0) is 12.1. The van der Waals surface area contributed by atoms with Crippen LogP contribution >= 0.6 is 23.4 Å². The molecule has 0 spiro atoms. The van der Waals surface area contributed by atoms with Crippen molar-refractivity contribution in [3.8, 4) is 0 Å². The first-order chi connectivity index (χ1) is 8.29. The summed E-state index contributed by atoms with van der Waals surface area (Å²) in [6.07, 6.45) is 0. The minimum absolute atomic E-state index is 0.587. The zero-order valence-electron chi connectivity index (χ0n) is 9.31. The highest BCUT2D eigenvalue weighted by Gasteiger charge is 2.07. The minimum atomic E-state index is 0.587. The molecule has 2 rings (SSSR count). The topological polar surface area (TPSA) is 51.0 Å². The summed E-state index contributed by atoms with van der Waals surface area (Å²) in [5.74, 6) is 1.93. The van der Waals surface area contributed by atoms with E-state index in [0.717, 1.165) is 9.92 Å². The van der Waals surface area contributed by atoms with Crippen LogP contribution < -0.4 is 5.32 Å². The third-order valence-electron chi connectivity index (χ3n) is 2.03. The van der Waals surface area contributed by atoms with E-state index in [1.807, 2.05) is 31.3 Å². The smallest absolute Gasteiger partial charge is 0.240 e. The summed E-state index contributed by atoms with van der Waals surface area (Å²) in [7, 11) is 1.84. The molecule has 1 aromatic carbocycles. The van der Waals surface area contributed by atoms with E-state index in [2.05, 4.69) is 15.5 Å². The highest BCUT2D eigenvalue weighted by molar-refractivity contribution is 7.98. The van der Waals surface area contributed by atoms with Crippen molar-refractivity contribution in [2.75, 3.05) is 7.05 Å². The highest BCUT2D eigenvalue weighted by atomic mass is 35.5. The maximum Gasteiger partial charge on any atom is 0.240 e. The lowest BCUT2D eigenvalue weighted by atomic mass is 10.4. The summed E-state index contributed by atoms with van der Waals surface area (Å²) in [6, 6.07) is 7.71. The molecule has 0 fully saturated rings. The maximum atomic E-state index is 6.05. The van der Waals surface area contributed by atoms with Gasteiger partial charge in [-0.3, -0.25) is 0 Å². The molecule has 0 bridgehead atoms. The van der Waals surface area contributed by atoms with Gasteiger partial charge in [0.25, 0.3) is 0 Å². The van der Waals surface area contributed by atoms with Crippen molar-refractivity contribution in [2.24, 2.45) is 0 Å². The van der Waals surface area contributed by atoms with Gasteiger partial charge in [-0.25, -0.2) is 0 Å². The quantitative estimate of drug-likeness (QED) is 0.846. The van der Waals surface area contributed by atoms with Crippen LogP contribution in [-0.2, 0) is 12.3 Å². The average molecular weight is 270 g/mol. The van der Waals surface area contributed by atoms with Gasteiger partial charge >= 0.3 is 0 Å². The lowest BCUT2D eigenvalue weighted by Crippen LogP contribution is -2.05. The van der Waals surface area contributed by atoms with Crippen LogP contribution in [-0.4, -0.2) is 17.2 Å². The van der Waals surface area contributed by atoms with E-state index in [-0.39, 0.29) is 0 Å². The van der Waals surface area contributed by atoms with E-state index >= 15 is 0 Å². The van der Waals surface area contributed by atoms with Crippen LogP contribution in [0.5, 0.6) is 0 Å². The Bertz CT molecular complexity index is 489. The lowest BCUT2D eigenvalue weighted by molar-refractivity contribution is 0.368. The molecule has 0 saturated heterocycles. The molecular formula is C11H12ClN3OS. The number of halogens is 1. The number of nitrogens with zero attached hydrogens (tertiary/aromatic N) is 2. The molecule has 0 atom stereocenters. The number of hydrogen-bond donors (Lipinski definition) is 1. The molecule has 4 nitrogen and oxygen atoms in total. The Kier molecular flexibility index (Phi) is 4.42. The van der Waals surface area contributed by atoms with Gasteiger partial charge in [0.05, 0.1) is 17.3 Å². The zero-order valence-corrected chi connectivity index (χ0v) is 10.9. The molecule has 6 heteroatoms. The monoisotopic (exact) mass is 269 g/mol. The van der Waals surface area contributed by atoms with Gasteiger partial charge in [0.2, 0.25) is 5.89 Å². The van der Waals surface area contributed by atoms with E-state index in [4.69, 9.17) is 16.1 Å². The molecule has 1 aromatic heterocycles. The summed E-state index contributed by atoms with van der Waals surface area (Å²) in [4.78, 5) is 5.26. The van der Waals surface area contributed by atoms with Crippen molar-refractivity contribution in [1.29, 1.82) is 0 Å². The molecule has 2 aromatic rings. The number of aromatic nitrogens is 2. The van der Waals surface area contributed by atoms with Crippen LogP contribution in [0.1, 0.15) is 11.7 Å². The van der Waals surface area contributed by atoms with Crippen LogP contribution in [0.25, 0.3) is 0 Å². The van der Waals surface area contributed by atoms with Gasteiger partial charge in [-0.15, -0.1) is 11.8 Å². The molecule has 17 heavy (non-hydrogen) atoms. The summed E-state index contributed by atoms with van der Waals surface area (Å²) >= 11 is 7.64. The Morgan fingerprint density at radius 3 is 3.00 bits per heavy atom. The largest absolute Gasteiger partial charge is 0.338 e. The van der Waals surface area contributed by atoms with Crippen LogP contribution in [0.2, 0.25) is 5.02 Å². The molecule has 0 aliphatic carbocycles. The Labute approximate surface area is 109 Å². The number of thioether (sulfide) groups is 1. The molecule has 0 radical (unpaired) electrons. The first kappa shape index (κ1) is 12.4. The van der Waals surface area contributed by atoms with Gasteiger partial charge in [0, 0.05) is 4.90 Å².